The lowest BCUT2D eigenvalue weighted by atomic mass is 10.4. The van der Waals surface area contributed by atoms with Crippen molar-refractivity contribution in [3.8, 4) is 0 Å². The standard InChI is InChI=1S/C9H15N3O/c1-7-3-4-8(12(7)2)6-11-9(13)5-10/h3-4H,5-6,10H2,1-2H3,(H,11,13). The predicted molar refractivity (Wildman–Crippen MR) is 51.1 cm³/mol. The lowest BCUT2D eigenvalue weighted by Gasteiger charge is -2.06. The fraction of sp³-hybridized carbons (Fsp3) is 0.444. The molecule has 72 valence electrons. The highest BCUT2D eigenvalue weighted by molar-refractivity contribution is 5.77. The fourth-order valence-electron chi connectivity index (χ4n) is 1.11. The van der Waals surface area contributed by atoms with Gasteiger partial charge in [0, 0.05) is 18.4 Å². The van der Waals surface area contributed by atoms with Crippen molar-refractivity contribution in [2.75, 3.05) is 6.54 Å². The van der Waals surface area contributed by atoms with Crippen LogP contribution in [0.3, 0.4) is 0 Å². The molecule has 1 aromatic heterocycles. The number of hydrogen-bond acceptors (Lipinski definition) is 2. The minimum absolute atomic E-state index is 0.0450. The maximum Gasteiger partial charge on any atom is 0.234 e. The van der Waals surface area contributed by atoms with Gasteiger partial charge in [-0.3, -0.25) is 4.79 Å². The summed E-state index contributed by atoms with van der Waals surface area (Å²) in [6, 6.07) is 4.01. The van der Waals surface area contributed by atoms with Crippen LogP contribution in [0.4, 0.5) is 0 Å². The Kier molecular flexibility index (Phi) is 3.08. The number of amides is 1. The van der Waals surface area contributed by atoms with Crippen molar-refractivity contribution in [2.24, 2.45) is 12.8 Å². The highest BCUT2D eigenvalue weighted by Crippen LogP contribution is 2.04. The number of hydrogen-bond donors (Lipinski definition) is 2. The highest BCUT2D eigenvalue weighted by Gasteiger charge is 2.02. The van der Waals surface area contributed by atoms with Crippen LogP contribution in [0.5, 0.6) is 0 Å². The van der Waals surface area contributed by atoms with Gasteiger partial charge in [-0.2, -0.15) is 0 Å². The summed E-state index contributed by atoms with van der Waals surface area (Å²) in [5.74, 6) is -0.126. The van der Waals surface area contributed by atoms with Gasteiger partial charge in [0.1, 0.15) is 0 Å². The Bertz CT molecular complexity index is 304. The molecular formula is C9H15N3O. The van der Waals surface area contributed by atoms with E-state index < -0.39 is 0 Å². The number of aryl methyl sites for hydroxylation is 1. The molecule has 0 radical (unpaired) electrons. The molecule has 0 fully saturated rings. The summed E-state index contributed by atoms with van der Waals surface area (Å²) in [4.78, 5) is 10.9. The molecule has 0 aliphatic carbocycles. The van der Waals surface area contributed by atoms with E-state index in [1.807, 2.05) is 30.7 Å². The van der Waals surface area contributed by atoms with E-state index in [4.69, 9.17) is 5.73 Å². The molecule has 0 spiro atoms. The fourth-order valence-corrected chi connectivity index (χ4v) is 1.11. The zero-order chi connectivity index (χ0) is 9.84. The molecule has 0 saturated heterocycles. The van der Waals surface area contributed by atoms with E-state index in [1.54, 1.807) is 0 Å². The number of aromatic nitrogens is 1. The van der Waals surface area contributed by atoms with Gasteiger partial charge in [-0.15, -0.1) is 0 Å². The smallest absolute Gasteiger partial charge is 0.234 e. The summed E-state index contributed by atoms with van der Waals surface area (Å²) in [5, 5.41) is 2.72. The topological polar surface area (TPSA) is 60.1 Å². The summed E-state index contributed by atoms with van der Waals surface area (Å²) in [6.45, 7) is 2.61. The number of nitrogens with one attached hydrogen (secondary N) is 1. The van der Waals surface area contributed by atoms with Gasteiger partial charge >= 0.3 is 0 Å². The molecule has 1 aromatic rings. The van der Waals surface area contributed by atoms with Gasteiger partial charge in [-0.05, 0) is 19.1 Å². The number of rotatable bonds is 3. The Hall–Kier alpha value is -1.29. The van der Waals surface area contributed by atoms with Gasteiger partial charge in [0.2, 0.25) is 5.91 Å². The minimum atomic E-state index is -0.126. The van der Waals surface area contributed by atoms with Crippen LogP contribution in [-0.4, -0.2) is 17.0 Å². The summed E-state index contributed by atoms with van der Waals surface area (Å²) in [6.07, 6.45) is 0. The molecule has 0 aromatic carbocycles. The van der Waals surface area contributed by atoms with Crippen LogP contribution in [0.2, 0.25) is 0 Å². The van der Waals surface area contributed by atoms with E-state index in [1.165, 1.54) is 5.69 Å². The van der Waals surface area contributed by atoms with Crippen molar-refractivity contribution >= 4 is 5.91 Å². The zero-order valence-electron chi connectivity index (χ0n) is 8.00. The summed E-state index contributed by atoms with van der Waals surface area (Å²) >= 11 is 0. The Morgan fingerprint density at radius 2 is 2.31 bits per heavy atom. The average molecular weight is 181 g/mol. The number of carbonyl (C=O) groups excluding carboxylic acids is 1. The van der Waals surface area contributed by atoms with Gasteiger partial charge in [0.05, 0.1) is 13.1 Å². The second-order valence-electron chi connectivity index (χ2n) is 3.01. The van der Waals surface area contributed by atoms with Crippen molar-refractivity contribution in [1.29, 1.82) is 0 Å². The zero-order valence-corrected chi connectivity index (χ0v) is 8.00. The highest BCUT2D eigenvalue weighted by atomic mass is 16.1. The van der Waals surface area contributed by atoms with Gasteiger partial charge in [-0.1, -0.05) is 0 Å². The lowest BCUT2D eigenvalue weighted by molar-refractivity contribution is -0.119. The Morgan fingerprint density at radius 3 is 2.77 bits per heavy atom. The normalized spacial score (nSPS) is 10.1. The average Bonchev–Trinajstić information content (AvgIpc) is 2.44. The van der Waals surface area contributed by atoms with E-state index >= 15 is 0 Å². The summed E-state index contributed by atoms with van der Waals surface area (Å²) < 4.78 is 2.04. The van der Waals surface area contributed by atoms with Crippen molar-refractivity contribution in [3.05, 3.63) is 23.5 Å². The predicted octanol–water partition coefficient (Wildman–Crippen LogP) is -0.0916. The first-order valence-corrected chi connectivity index (χ1v) is 4.23. The third-order valence-electron chi connectivity index (χ3n) is 2.13. The van der Waals surface area contributed by atoms with Crippen LogP contribution >= 0.6 is 0 Å². The molecular weight excluding hydrogens is 166 g/mol. The maximum atomic E-state index is 10.9. The van der Waals surface area contributed by atoms with Gasteiger partial charge < -0.3 is 15.6 Å². The molecule has 4 heteroatoms. The summed E-state index contributed by atoms with van der Waals surface area (Å²) in [5.41, 5.74) is 7.42. The van der Waals surface area contributed by atoms with E-state index in [0.717, 1.165) is 5.69 Å². The molecule has 0 bridgehead atoms. The third kappa shape index (κ3) is 2.32. The molecule has 0 atom stereocenters. The van der Waals surface area contributed by atoms with Crippen molar-refractivity contribution in [1.82, 2.24) is 9.88 Å². The lowest BCUT2D eigenvalue weighted by Crippen LogP contribution is -2.30. The SMILES string of the molecule is Cc1ccc(CNC(=O)CN)n1C. The van der Waals surface area contributed by atoms with Crippen LogP contribution in [-0.2, 0) is 18.4 Å². The van der Waals surface area contributed by atoms with Crippen LogP contribution in [0.1, 0.15) is 11.4 Å². The first kappa shape index (κ1) is 9.80. The number of carbonyl (C=O) groups is 1. The Labute approximate surface area is 77.7 Å². The minimum Gasteiger partial charge on any atom is -0.350 e. The molecule has 1 rings (SSSR count). The van der Waals surface area contributed by atoms with E-state index in [0.29, 0.717) is 6.54 Å². The number of nitrogens with zero attached hydrogens (tertiary/aromatic N) is 1. The molecule has 3 N–H and O–H groups in total. The third-order valence-corrected chi connectivity index (χ3v) is 2.13. The first-order chi connectivity index (χ1) is 6.15. The van der Waals surface area contributed by atoms with Crippen LogP contribution in [0.25, 0.3) is 0 Å². The molecule has 0 unspecified atom stereocenters. The van der Waals surface area contributed by atoms with Crippen LogP contribution in [0.15, 0.2) is 12.1 Å². The van der Waals surface area contributed by atoms with Crippen LogP contribution in [0, 0.1) is 6.92 Å². The molecule has 0 aliphatic rings. The summed E-state index contributed by atoms with van der Waals surface area (Å²) in [7, 11) is 1.97. The van der Waals surface area contributed by atoms with Crippen molar-refractivity contribution in [2.45, 2.75) is 13.5 Å². The Balaban J connectivity index is 2.55. The van der Waals surface area contributed by atoms with E-state index in [2.05, 4.69) is 5.32 Å². The molecule has 13 heavy (non-hydrogen) atoms. The number of nitrogens with two attached hydrogens (primary N) is 1. The largest absolute Gasteiger partial charge is 0.350 e. The van der Waals surface area contributed by atoms with Gasteiger partial charge in [-0.25, -0.2) is 0 Å². The molecule has 0 saturated carbocycles. The Morgan fingerprint density at radius 1 is 1.62 bits per heavy atom. The first-order valence-electron chi connectivity index (χ1n) is 4.23. The van der Waals surface area contributed by atoms with Crippen molar-refractivity contribution in [3.63, 3.8) is 0 Å². The molecule has 1 heterocycles. The monoisotopic (exact) mass is 181 g/mol. The second kappa shape index (κ2) is 4.09. The van der Waals surface area contributed by atoms with Gasteiger partial charge in [0.25, 0.3) is 0 Å². The van der Waals surface area contributed by atoms with E-state index in [9.17, 15) is 4.79 Å². The molecule has 0 aliphatic heterocycles. The second-order valence-corrected chi connectivity index (χ2v) is 3.01. The van der Waals surface area contributed by atoms with Crippen molar-refractivity contribution < 1.29 is 4.79 Å². The van der Waals surface area contributed by atoms with E-state index in [-0.39, 0.29) is 12.5 Å². The van der Waals surface area contributed by atoms with Crippen LogP contribution < -0.4 is 11.1 Å². The quantitative estimate of drug-likeness (QED) is 0.684. The maximum absolute atomic E-state index is 10.9. The molecule has 4 nitrogen and oxygen atoms in total. The van der Waals surface area contributed by atoms with Gasteiger partial charge in [0.15, 0.2) is 0 Å². The molecule has 1 amide bonds.